The molecule has 0 bridgehead atoms. The first kappa shape index (κ1) is 36.4. The van der Waals surface area contributed by atoms with E-state index in [2.05, 4.69) is 176 Å². The van der Waals surface area contributed by atoms with Crippen LogP contribution in [0, 0.1) is 6.92 Å². The Kier molecular flexibility index (Phi) is 8.19. The lowest BCUT2D eigenvalue weighted by atomic mass is 9.62. The molecule has 0 amide bonds. The third kappa shape index (κ3) is 5.94. The van der Waals surface area contributed by atoms with Crippen LogP contribution in [0.2, 0.25) is 0 Å². The van der Waals surface area contributed by atoms with Crippen LogP contribution in [0.25, 0.3) is 44.0 Å². The van der Waals surface area contributed by atoms with Gasteiger partial charge < -0.3 is 15.1 Å². The molecule has 0 radical (unpaired) electrons. The molecule has 2 N–H and O–H groups in total. The van der Waals surface area contributed by atoms with Crippen molar-refractivity contribution in [1.29, 1.82) is 0 Å². The van der Waals surface area contributed by atoms with Crippen LogP contribution in [0.5, 0.6) is 0 Å². The largest absolute Gasteiger partial charge is 0.462 e. The second kappa shape index (κ2) is 12.6. The highest BCUT2D eigenvalue weighted by Gasteiger charge is 2.40. The van der Waals surface area contributed by atoms with Crippen LogP contribution in [0.1, 0.15) is 109 Å². The van der Waals surface area contributed by atoms with Crippen LogP contribution >= 0.6 is 0 Å². The molecular weight excluding hydrogens is 681 g/mol. The Morgan fingerprint density at radius 1 is 0.518 bits per heavy atom. The Morgan fingerprint density at radius 3 is 1.70 bits per heavy atom. The molecule has 1 heterocycles. The highest BCUT2D eigenvalue weighted by Crippen LogP contribution is 2.53. The molecule has 284 valence electrons. The maximum atomic E-state index is 6.95. The standard InChI is InChI=1S/C53H56N2O/c1-33-23-42-44(52(6,7)21-19-50(42,2)3)30-47(33)55(48-32-56-49-31-45-43(29-41(48)49)51(4,5)20-22-53(45,8)9)39-25-37(34-15-11-10-12-16-34)24-38(26-39)40-27-35-17-13-14-18-36(35)28-46(40)54/h10-18,23-32H,19-22,54H2,1-9H3. The van der Waals surface area contributed by atoms with Crippen molar-refractivity contribution in [1.82, 2.24) is 0 Å². The minimum atomic E-state index is 0.0444. The fourth-order valence-corrected chi connectivity index (χ4v) is 9.81. The Hall–Kier alpha value is -5.28. The van der Waals surface area contributed by atoms with Crippen LogP contribution in [0.15, 0.2) is 120 Å². The fraction of sp³-hybridized carbons (Fsp3) is 0.321. The summed E-state index contributed by atoms with van der Waals surface area (Å²) in [5, 5.41) is 3.46. The summed E-state index contributed by atoms with van der Waals surface area (Å²) in [6.45, 7) is 21.6. The molecule has 2 aliphatic rings. The Bertz CT molecular complexity index is 2670. The lowest BCUT2D eigenvalue weighted by molar-refractivity contribution is 0.332. The molecule has 0 unspecified atom stereocenters. The smallest absolute Gasteiger partial charge is 0.136 e. The van der Waals surface area contributed by atoms with Crippen LogP contribution in [0.4, 0.5) is 22.7 Å². The fourth-order valence-electron chi connectivity index (χ4n) is 9.81. The third-order valence-corrected chi connectivity index (χ3v) is 13.7. The van der Waals surface area contributed by atoms with Gasteiger partial charge in [0.05, 0.1) is 5.69 Å². The Balaban J connectivity index is 1.36. The van der Waals surface area contributed by atoms with E-state index in [1.807, 2.05) is 6.26 Å². The van der Waals surface area contributed by atoms with Crippen molar-refractivity contribution in [3.8, 4) is 22.3 Å². The van der Waals surface area contributed by atoms with E-state index in [1.165, 1.54) is 45.3 Å². The highest BCUT2D eigenvalue weighted by molar-refractivity contribution is 6.00. The van der Waals surface area contributed by atoms with E-state index in [4.69, 9.17) is 10.2 Å². The van der Waals surface area contributed by atoms with Gasteiger partial charge in [0, 0.05) is 28.0 Å². The second-order valence-corrected chi connectivity index (χ2v) is 19.5. The third-order valence-electron chi connectivity index (χ3n) is 13.7. The number of anilines is 4. The van der Waals surface area contributed by atoms with Gasteiger partial charge in [-0.25, -0.2) is 0 Å². The maximum absolute atomic E-state index is 6.95. The van der Waals surface area contributed by atoms with Crippen molar-refractivity contribution in [2.24, 2.45) is 0 Å². The lowest BCUT2D eigenvalue weighted by Gasteiger charge is -2.43. The monoisotopic (exact) mass is 736 g/mol. The van der Waals surface area contributed by atoms with E-state index in [0.29, 0.717) is 0 Å². The molecule has 0 saturated heterocycles. The minimum Gasteiger partial charge on any atom is -0.462 e. The molecule has 3 nitrogen and oxygen atoms in total. The predicted molar refractivity (Wildman–Crippen MR) is 239 cm³/mol. The van der Waals surface area contributed by atoms with Crippen molar-refractivity contribution in [3.05, 3.63) is 143 Å². The highest BCUT2D eigenvalue weighted by atomic mass is 16.3. The van der Waals surface area contributed by atoms with E-state index in [-0.39, 0.29) is 21.7 Å². The van der Waals surface area contributed by atoms with Crippen LogP contribution in [-0.2, 0) is 21.7 Å². The quantitative estimate of drug-likeness (QED) is 0.179. The molecule has 1 aromatic heterocycles. The van der Waals surface area contributed by atoms with Crippen molar-refractivity contribution in [2.45, 2.75) is 110 Å². The molecule has 0 spiro atoms. The van der Waals surface area contributed by atoms with Gasteiger partial charge in [-0.15, -0.1) is 0 Å². The van der Waals surface area contributed by atoms with Gasteiger partial charge in [0.15, 0.2) is 0 Å². The molecule has 7 aromatic rings. The van der Waals surface area contributed by atoms with E-state index in [0.717, 1.165) is 74.9 Å². The number of rotatable bonds is 5. The minimum absolute atomic E-state index is 0.0444. The van der Waals surface area contributed by atoms with E-state index >= 15 is 0 Å². The van der Waals surface area contributed by atoms with Gasteiger partial charge in [-0.2, -0.15) is 0 Å². The van der Waals surface area contributed by atoms with Gasteiger partial charge in [-0.3, -0.25) is 0 Å². The first-order valence-electron chi connectivity index (χ1n) is 20.5. The summed E-state index contributed by atoms with van der Waals surface area (Å²) in [6, 6.07) is 40.4. The molecule has 0 fully saturated rings. The van der Waals surface area contributed by atoms with Gasteiger partial charge in [0.1, 0.15) is 11.8 Å². The first-order valence-corrected chi connectivity index (χ1v) is 20.5. The van der Waals surface area contributed by atoms with Gasteiger partial charge in [-0.05, 0) is 158 Å². The predicted octanol–water partition coefficient (Wildman–Crippen LogP) is 15.0. The van der Waals surface area contributed by atoms with E-state index < -0.39 is 0 Å². The van der Waals surface area contributed by atoms with Crippen molar-refractivity contribution < 1.29 is 4.42 Å². The van der Waals surface area contributed by atoms with Gasteiger partial charge >= 0.3 is 0 Å². The summed E-state index contributed by atoms with van der Waals surface area (Å²) in [5.74, 6) is 0. The molecule has 0 atom stereocenters. The van der Waals surface area contributed by atoms with E-state index in [9.17, 15) is 0 Å². The Labute approximate surface area is 333 Å². The number of benzene rings is 6. The molecule has 6 aromatic carbocycles. The number of nitrogens with zero attached hydrogens (tertiary/aromatic N) is 1. The van der Waals surface area contributed by atoms with Gasteiger partial charge in [-0.1, -0.05) is 116 Å². The van der Waals surface area contributed by atoms with E-state index in [1.54, 1.807) is 0 Å². The summed E-state index contributed by atoms with van der Waals surface area (Å²) in [7, 11) is 0. The van der Waals surface area contributed by atoms with Gasteiger partial charge in [0.2, 0.25) is 0 Å². The molecule has 9 rings (SSSR count). The second-order valence-electron chi connectivity index (χ2n) is 19.5. The molecule has 56 heavy (non-hydrogen) atoms. The number of fused-ring (bicyclic) bond motifs is 4. The number of aryl methyl sites for hydroxylation is 1. The van der Waals surface area contributed by atoms with Crippen molar-refractivity contribution in [2.75, 3.05) is 10.6 Å². The van der Waals surface area contributed by atoms with Crippen LogP contribution < -0.4 is 10.6 Å². The summed E-state index contributed by atoms with van der Waals surface area (Å²) in [6.07, 6.45) is 6.64. The number of furan rings is 1. The van der Waals surface area contributed by atoms with Crippen molar-refractivity contribution in [3.63, 3.8) is 0 Å². The van der Waals surface area contributed by atoms with Crippen LogP contribution in [0.3, 0.4) is 0 Å². The number of hydrogen-bond acceptors (Lipinski definition) is 3. The Morgan fingerprint density at radius 2 is 1.05 bits per heavy atom. The van der Waals surface area contributed by atoms with Gasteiger partial charge in [0.25, 0.3) is 0 Å². The SMILES string of the molecule is Cc1cc2c(cc1N(c1cc(-c3ccccc3)cc(-c3cc4ccccc4cc3N)c1)c1coc3cc4c(cc13)C(C)(C)CCC4(C)C)C(C)(C)CCC2(C)C. The van der Waals surface area contributed by atoms with Crippen LogP contribution in [-0.4, -0.2) is 0 Å². The first-order chi connectivity index (χ1) is 26.5. The lowest BCUT2D eigenvalue weighted by Crippen LogP contribution is -2.34. The molecule has 0 aliphatic heterocycles. The zero-order valence-corrected chi connectivity index (χ0v) is 34.7. The summed E-state index contributed by atoms with van der Waals surface area (Å²) in [5.41, 5.74) is 23.7. The normalized spacial score (nSPS) is 17.7. The molecular formula is C53H56N2O. The molecule has 3 heteroatoms. The topological polar surface area (TPSA) is 42.4 Å². The molecule has 0 saturated carbocycles. The summed E-state index contributed by atoms with van der Waals surface area (Å²) >= 11 is 0. The number of nitrogen functional groups attached to an aromatic ring is 1. The number of nitrogens with two attached hydrogens (primary N) is 1. The maximum Gasteiger partial charge on any atom is 0.136 e. The summed E-state index contributed by atoms with van der Waals surface area (Å²) in [4.78, 5) is 2.49. The zero-order chi connectivity index (χ0) is 39.4. The summed E-state index contributed by atoms with van der Waals surface area (Å²) < 4.78 is 6.66. The zero-order valence-electron chi connectivity index (χ0n) is 34.7. The number of hydrogen-bond donors (Lipinski definition) is 1. The average molecular weight is 737 g/mol. The van der Waals surface area contributed by atoms with Crippen molar-refractivity contribution >= 4 is 44.5 Å². The average Bonchev–Trinajstić information content (AvgIpc) is 3.58. The molecule has 2 aliphatic carbocycles.